The highest BCUT2D eigenvalue weighted by Gasteiger charge is 2.31. The Hall–Kier alpha value is -3.28. The summed E-state index contributed by atoms with van der Waals surface area (Å²) in [5.74, 6) is -0.559. The van der Waals surface area contributed by atoms with Crippen LogP contribution in [0.5, 0.6) is 5.75 Å². The molecule has 2 N–H and O–H groups in total. The van der Waals surface area contributed by atoms with Crippen LogP contribution in [0.25, 0.3) is 10.9 Å². The standard InChI is InChI=1S/C26H30N2O4/c1-3-17-11-13-18(14-12-17)15-28-20-8-5-4-7-19(26(27)30)24(20)25-21(28)9-6-10-22(25)32-16-23(29)31-2/h6,9-14,19H,3-5,7-8,15-16H2,1-2H3,(H2,27,30). The second-order valence-electron chi connectivity index (χ2n) is 8.33. The third kappa shape index (κ3) is 4.22. The van der Waals surface area contributed by atoms with Gasteiger partial charge in [-0.1, -0.05) is 43.7 Å². The van der Waals surface area contributed by atoms with E-state index in [9.17, 15) is 9.59 Å². The van der Waals surface area contributed by atoms with E-state index in [1.54, 1.807) is 0 Å². The van der Waals surface area contributed by atoms with Gasteiger partial charge in [0, 0.05) is 17.6 Å². The lowest BCUT2D eigenvalue weighted by Crippen LogP contribution is -2.21. The molecule has 6 heteroatoms. The van der Waals surface area contributed by atoms with E-state index in [0.717, 1.165) is 54.3 Å². The van der Waals surface area contributed by atoms with Crippen molar-refractivity contribution >= 4 is 22.8 Å². The minimum atomic E-state index is -0.449. The molecule has 4 rings (SSSR count). The van der Waals surface area contributed by atoms with Gasteiger partial charge in [-0.05, 0) is 54.5 Å². The van der Waals surface area contributed by atoms with Crippen molar-refractivity contribution in [3.63, 3.8) is 0 Å². The smallest absolute Gasteiger partial charge is 0.343 e. The molecule has 0 aliphatic heterocycles. The molecule has 3 aromatic rings. The van der Waals surface area contributed by atoms with Crippen LogP contribution in [0.4, 0.5) is 0 Å². The van der Waals surface area contributed by atoms with Crippen LogP contribution in [-0.2, 0) is 33.7 Å². The van der Waals surface area contributed by atoms with Crippen molar-refractivity contribution in [2.45, 2.75) is 51.5 Å². The fourth-order valence-electron chi connectivity index (χ4n) is 4.72. The maximum atomic E-state index is 12.5. The zero-order valence-corrected chi connectivity index (χ0v) is 18.7. The van der Waals surface area contributed by atoms with Crippen LogP contribution in [0.1, 0.15) is 54.5 Å². The van der Waals surface area contributed by atoms with E-state index in [2.05, 4.69) is 35.8 Å². The third-order valence-electron chi connectivity index (χ3n) is 6.39. The summed E-state index contributed by atoms with van der Waals surface area (Å²) >= 11 is 0. The second kappa shape index (κ2) is 9.47. The van der Waals surface area contributed by atoms with Crippen molar-refractivity contribution in [1.82, 2.24) is 4.57 Å². The molecule has 0 radical (unpaired) electrons. The number of ether oxygens (including phenoxy) is 2. The van der Waals surface area contributed by atoms with Crippen LogP contribution in [0.15, 0.2) is 42.5 Å². The molecule has 1 atom stereocenters. The number of fused-ring (bicyclic) bond motifs is 3. The summed E-state index contributed by atoms with van der Waals surface area (Å²) in [5, 5.41) is 0.877. The first-order valence-corrected chi connectivity index (χ1v) is 11.2. The van der Waals surface area contributed by atoms with Gasteiger partial charge in [0.2, 0.25) is 5.91 Å². The summed E-state index contributed by atoms with van der Waals surface area (Å²) < 4.78 is 12.9. The normalized spacial score (nSPS) is 15.8. The average Bonchev–Trinajstić information content (AvgIpc) is 2.96. The summed E-state index contributed by atoms with van der Waals surface area (Å²) in [5.41, 5.74) is 11.4. The number of amides is 1. The topological polar surface area (TPSA) is 83.6 Å². The van der Waals surface area contributed by atoms with Gasteiger partial charge in [0.25, 0.3) is 0 Å². The molecule has 1 aliphatic carbocycles. The third-order valence-corrected chi connectivity index (χ3v) is 6.39. The van der Waals surface area contributed by atoms with Crippen LogP contribution in [-0.4, -0.2) is 30.2 Å². The predicted octanol–water partition coefficient (Wildman–Crippen LogP) is 4.10. The monoisotopic (exact) mass is 434 g/mol. The van der Waals surface area contributed by atoms with Gasteiger partial charge >= 0.3 is 5.97 Å². The lowest BCUT2D eigenvalue weighted by Gasteiger charge is -2.14. The number of primary amides is 1. The first kappa shape index (κ1) is 21.9. The average molecular weight is 435 g/mol. The summed E-state index contributed by atoms with van der Waals surface area (Å²) in [4.78, 5) is 24.2. The molecule has 168 valence electrons. The minimum Gasteiger partial charge on any atom is -0.481 e. The number of nitrogens with two attached hydrogens (primary N) is 1. The Morgan fingerprint density at radius 2 is 1.84 bits per heavy atom. The van der Waals surface area contributed by atoms with Crippen LogP contribution < -0.4 is 10.5 Å². The zero-order valence-electron chi connectivity index (χ0n) is 18.7. The highest BCUT2D eigenvalue weighted by atomic mass is 16.6. The number of benzene rings is 2. The number of aromatic nitrogens is 1. The van der Waals surface area contributed by atoms with E-state index in [-0.39, 0.29) is 18.4 Å². The molecule has 2 aromatic carbocycles. The summed E-state index contributed by atoms with van der Waals surface area (Å²) in [6.45, 7) is 2.66. The first-order chi connectivity index (χ1) is 15.5. The molecule has 1 aromatic heterocycles. The van der Waals surface area contributed by atoms with Gasteiger partial charge < -0.3 is 19.8 Å². The van der Waals surface area contributed by atoms with Gasteiger partial charge in [-0.25, -0.2) is 4.79 Å². The maximum absolute atomic E-state index is 12.5. The summed E-state index contributed by atoms with van der Waals surface area (Å²) in [6, 6.07) is 14.5. The molecule has 0 saturated heterocycles. The fourth-order valence-corrected chi connectivity index (χ4v) is 4.72. The van der Waals surface area contributed by atoms with E-state index in [0.29, 0.717) is 12.3 Å². The minimum absolute atomic E-state index is 0.185. The fraction of sp³-hybridized carbons (Fsp3) is 0.385. The van der Waals surface area contributed by atoms with Crippen LogP contribution >= 0.6 is 0 Å². The van der Waals surface area contributed by atoms with E-state index < -0.39 is 5.97 Å². The van der Waals surface area contributed by atoms with Gasteiger partial charge in [-0.15, -0.1) is 0 Å². The lowest BCUT2D eigenvalue weighted by molar-refractivity contribution is -0.142. The number of esters is 1. The molecule has 1 aliphatic rings. The SMILES string of the molecule is CCc1ccc(Cn2c3c(c4c(OCC(=O)OC)cccc42)C(C(N)=O)CCCC3)cc1. The Morgan fingerprint density at radius 1 is 1.09 bits per heavy atom. The van der Waals surface area contributed by atoms with Gasteiger partial charge in [-0.3, -0.25) is 4.79 Å². The largest absolute Gasteiger partial charge is 0.481 e. The number of methoxy groups -OCH3 is 1. The molecule has 6 nitrogen and oxygen atoms in total. The Labute approximate surface area is 188 Å². The zero-order chi connectivity index (χ0) is 22.7. The Balaban J connectivity index is 1.88. The molecular weight excluding hydrogens is 404 g/mol. The maximum Gasteiger partial charge on any atom is 0.343 e. The molecule has 0 spiro atoms. The number of hydrogen-bond donors (Lipinski definition) is 1. The van der Waals surface area contributed by atoms with Crippen LogP contribution in [0, 0.1) is 0 Å². The highest BCUT2D eigenvalue weighted by Crippen LogP contribution is 2.42. The molecular formula is C26H30N2O4. The number of aryl methyl sites for hydroxylation is 1. The Bertz CT molecular complexity index is 1130. The number of nitrogens with zero attached hydrogens (tertiary/aromatic N) is 1. The Kier molecular flexibility index (Phi) is 6.49. The van der Waals surface area contributed by atoms with Crippen molar-refractivity contribution in [3.8, 4) is 5.75 Å². The van der Waals surface area contributed by atoms with Crippen molar-refractivity contribution < 1.29 is 19.1 Å². The van der Waals surface area contributed by atoms with Crippen molar-refractivity contribution in [3.05, 3.63) is 64.8 Å². The van der Waals surface area contributed by atoms with Crippen LogP contribution in [0.3, 0.4) is 0 Å². The Morgan fingerprint density at radius 3 is 2.53 bits per heavy atom. The number of carbonyl (C=O) groups is 2. The summed E-state index contributed by atoms with van der Waals surface area (Å²) in [7, 11) is 1.34. The first-order valence-electron chi connectivity index (χ1n) is 11.2. The number of rotatable bonds is 7. The molecule has 1 amide bonds. The van der Waals surface area contributed by atoms with Gasteiger partial charge in [0.05, 0.1) is 18.5 Å². The summed E-state index contributed by atoms with van der Waals surface area (Å²) in [6.07, 6.45) is 4.54. The van der Waals surface area contributed by atoms with E-state index in [4.69, 9.17) is 15.2 Å². The van der Waals surface area contributed by atoms with E-state index in [1.807, 2.05) is 18.2 Å². The van der Waals surface area contributed by atoms with Crippen molar-refractivity contribution in [2.24, 2.45) is 5.73 Å². The molecule has 0 saturated carbocycles. The quantitative estimate of drug-likeness (QED) is 0.448. The lowest BCUT2D eigenvalue weighted by atomic mass is 9.92. The highest BCUT2D eigenvalue weighted by molar-refractivity contribution is 5.97. The van der Waals surface area contributed by atoms with Crippen molar-refractivity contribution in [1.29, 1.82) is 0 Å². The second-order valence-corrected chi connectivity index (χ2v) is 8.33. The van der Waals surface area contributed by atoms with E-state index >= 15 is 0 Å². The molecule has 0 bridgehead atoms. The molecule has 1 unspecified atom stereocenters. The van der Waals surface area contributed by atoms with Crippen molar-refractivity contribution in [2.75, 3.05) is 13.7 Å². The van der Waals surface area contributed by atoms with Gasteiger partial charge in [0.15, 0.2) is 6.61 Å². The molecule has 32 heavy (non-hydrogen) atoms. The van der Waals surface area contributed by atoms with Gasteiger partial charge in [0.1, 0.15) is 5.75 Å². The van der Waals surface area contributed by atoms with Gasteiger partial charge in [-0.2, -0.15) is 0 Å². The van der Waals surface area contributed by atoms with Crippen LogP contribution in [0.2, 0.25) is 0 Å². The van der Waals surface area contributed by atoms with E-state index in [1.165, 1.54) is 18.2 Å². The number of carbonyl (C=O) groups excluding carboxylic acids is 2. The molecule has 1 heterocycles. The molecule has 0 fully saturated rings. The predicted molar refractivity (Wildman–Crippen MR) is 124 cm³/mol. The number of hydrogen-bond acceptors (Lipinski definition) is 4.